The molecule has 1 heterocycles. The Morgan fingerprint density at radius 1 is 1.27 bits per heavy atom. The monoisotopic (exact) mass is 257 g/mol. The minimum atomic E-state index is -4.96. The van der Waals surface area contributed by atoms with Crippen LogP contribution < -0.4 is 5.32 Å². The number of rotatable bonds is 4. The van der Waals surface area contributed by atoms with Crippen molar-refractivity contribution in [3.8, 4) is 0 Å². The normalized spacial score (nSPS) is 13.1. The predicted octanol–water partition coefficient (Wildman–Crippen LogP) is -0.539. The summed E-state index contributed by atoms with van der Waals surface area (Å²) in [6.07, 6.45) is 2.33. The molecule has 9 nitrogen and oxygen atoms in total. The van der Waals surface area contributed by atoms with Crippen LogP contribution in [0.2, 0.25) is 0 Å². The zero-order valence-corrected chi connectivity index (χ0v) is 8.97. The molecule has 15 heavy (non-hydrogen) atoms. The molecule has 0 saturated heterocycles. The van der Waals surface area contributed by atoms with E-state index in [1.165, 1.54) is 6.33 Å². The molecule has 1 aromatic heterocycles. The molecule has 1 rings (SSSR count). The number of imidazole rings is 1. The molecule has 0 fully saturated rings. The van der Waals surface area contributed by atoms with E-state index in [1.807, 2.05) is 5.32 Å². The number of hydrogen-bond donors (Lipinski definition) is 6. The second-order valence-corrected chi connectivity index (χ2v) is 6.46. The molecule has 0 aliphatic rings. The van der Waals surface area contributed by atoms with Crippen molar-refractivity contribution in [2.24, 2.45) is 0 Å². The van der Waals surface area contributed by atoms with Crippen LogP contribution in [0.5, 0.6) is 0 Å². The molecule has 0 unspecified atom stereocenters. The van der Waals surface area contributed by atoms with Crippen LogP contribution >= 0.6 is 15.2 Å². The molecule has 0 bridgehead atoms. The van der Waals surface area contributed by atoms with Gasteiger partial charge in [0.05, 0.1) is 12.5 Å². The minimum absolute atomic E-state index is 0.00616. The molecule has 0 saturated carbocycles. The van der Waals surface area contributed by atoms with Crippen molar-refractivity contribution in [1.82, 2.24) is 9.97 Å². The average molecular weight is 257 g/mol. The number of aromatic amines is 1. The van der Waals surface area contributed by atoms with Crippen LogP contribution in [0.3, 0.4) is 0 Å². The average Bonchev–Trinajstić information content (AvgIpc) is 2.46. The Labute approximate surface area is 83.9 Å². The first kappa shape index (κ1) is 12.4. The van der Waals surface area contributed by atoms with Crippen molar-refractivity contribution in [3.05, 3.63) is 12.5 Å². The van der Waals surface area contributed by atoms with Gasteiger partial charge in [-0.3, -0.25) is 9.13 Å². The van der Waals surface area contributed by atoms with Crippen molar-refractivity contribution in [2.45, 2.75) is 5.52 Å². The first-order valence-corrected chi connectivity index (χ1v) is 6.93. The van der Waals surface area contributed by atoms with Gasteiger partial charge in [0.2, 0.25) is 5.52 Å². The number of hydrogen-bond acceptors (Lipinski definition) is 4. The Morgan fingerprint density at radius 3 is 2.13 bits per heavy atom. The Kier molecular flexibility index (Phi) is 3.34. The lowest BCUT2D eigenvalue weighted by Crippen LogP contribution is -2.20. The van der Waals surface area contributed by atoms with Gasteiger partial charge in [0.15, 0.2) is 0 Å². The quantitative estimate of drug-likeness (QED) is 0.393. The van der Waals surface area contributed by atoms with Crippen LogP contribution in [0.25, 0.3) is 0 Å². The summed E-state index contributed by atoms with van der Waals surface area (Å²) < 4.78 is 21.6. The molecule has 0 aliphatic carbocycles. The van der Waals surface area contributed by atoms with E-state index in [0.717, 1.165) is 6.20 Å². The lowest BCUT2D eigenvalue weighted by molar-refractivity contribution is 0.343. The van der Waals surface area contributed by atoms with Crippen LogP contribution in [0, 0.1) is 0 Å². The second kappa shape index (κ2) is 4.05. The maximum Gasteiger partial charge on any atom is 0.360 e. The number of nitrogens with zero attached hydrogens (tertiary/aromatic N) is 1. The number of anilines is 1. The molecule has 1 aromatic rings. The third-order valence-electron chi connectivity index (χ3n) is 1.42. The standard InChI is InChI=1S/C4H9N3O6P2/c8-14(9,10)4(15(11,12)13)7-3-1-5-2-6-3/h1-2,4,7H,(H,5,6)(H2,8,9,10)(H2,11,12,13). The van der Waals surface area contributed by atoms with Gasteiger partial charge in [0, 0.05) is 0 Å². The first-order valence-electron chi connectivity index (χ1n) is 3.56. The highest BCUT2D eigenvalue weighted by molar-refractivity contribution is 7.71. The van der Waals surface area contributed by atoms with Gasteiger partial charge in [-0.1, -0.05) is 0 Å². The molecule has 86 valence electrons. The van der Waals surface area contributed by atoms with Gasteiger partial charge in [-0.2, -0.15) is 0 Å². The van der Waals surface area contributed by atoms with Crippen molar-refractivity contribution in [3.63, 3.8) is 0 Å². The maximum absolute atomic E-state index is 10.8. The summed E-state index contributed by atoms with van der Waals surface area (Å²) in [6.45, 7) is 0. The molecule has 0 radical (unpaired) electrons. The van der Waals surface area contributed by atoms with E-state index in [1.54, 1.807) is 0 Å². The first-order chi connectivity index (χ1) is 6.71. The smallest absolute Gasteiger partial charge is 0.347 e. The molecule has 0 amide bonds. The summed E-state index contributed by atoms with van der Waals surface area (Å²) in [5.41, 5.74) is -2.27. The van der Waals surface area contributed by atoms with E-state index >= 15 is 0 Å². The zero-order valence-electron chi connectivity index (χ0n) is 7.18. The van der Waals surface area contributed by atoms with Gasteiger partial charge in [-0.25, -0.2) is 4.98 Å². The molecule has 0 spiro atoms. The third-order valence-corrected chi connectivity index (χ3v) is 4.76. The van der Waals surface area contributed by atoms with Gasteiger partial charge >= 0.3 is 15.2 Å². The molecule has 0 aliphatic heterocycles. The molecule has 0 atom stereocenters. The minimum Gasteiger partial charge on any atom is -0.347 e. The van der Waals surface area contributed by atoms with E-state index in [0.29, 0.717) is 0 Å². The fraction of sp³-hybridized carbons (Fsp3) is 0.250. The van der Waals surface area contributed by atoms with Crippen molar-refractivity contribution < 1.29 is 28.7 Å². The van der Waals surface area contributed by atoms with Gasteiger partial charge < -0.3 is 29.9 Å². The molecular weight excluding hydrogens is 248 g/mol. The molecule has 0 aromatic carbocycles. The van der Waals surface area contributed by atoms with Crippen LogP contribution in [-0.4, -0.2) is 35.1 Å². The summed E-state index contributed by atoms with van der Waals surface area (Å²) >= 11 is 0. The van der Waals surface area contributed by atoms with E-state index in [9.17, 15) is 9.13 Å². The molecular formula is C4H9N3O6P2. The summed E-state index contributed by atoms with van der Waals surface area (Å²) in [6, 6.07) is 0. The van der Waals surface area contributed by atoms with Crippen LogP contribution in [-0.2, 0) is 9.13 Å². The zero-order chi connectivity index (χ0) is 11.7. The van der Waals surface area contributed by atoms with Gasteiger partial charge in [-0.15, -0.1) is 0 Å². The van der Waals surface area contributed by atoms with Crippen molar-refractivity contribution in [2.75, 3.05) is 5.32 Å². The highest BCUT2D eigenvalue weighted by Crippen LogP contribution is 2.59. The predicted molar refractivity (Wildman–Crippen MR) is 50.1 cm³/mol. The Morgan fingerprint density at radius 2 is 1.80 bits per heavy atom. The Bertz CT molecular complexity index is 384. The Balaban J connectivity index is 2.95. The number of aromatic nitrogens is 2. The van der Waals surface area contributed by atoms with Gasteiger partial charge in [0.1, 0.15) is 5.82 Å². The van der Waals surface area contributed by atoms with Crippen molar-refractivity contribution in [1.29, 1.82) is 0 Å². The fourth-order valence-electron chi connectivity index (χ4n) is 0.838. The summed E-state index contributed by atoms with van der Waals surface area (Å²) in [4.78, 5) is 40.9. The Hall–Kier alpha value is -0.690. The SMILES string of the molecule is O=P(O)(O)C(Nc1cnc[nH]1)P(=O)(O)O. The van der Waals surface area contributed by atoms with Crippen LogP contribution in [0.15, 0.2) is 12.5 Å². The van der Waals surface area contributed by atoms with Crippen LogP contribution in [0.1, 0.15) is 0 Å². The van der Waals surface area contributed by atoms with Crippen LogP contribution in [0.4, 0.5) is 5.82 Å². The van der Waals surface area contributed by atoms with E-state index < -0.39 is 20.7 Å². The van der Waals surface area contributed by atoms with Crippen molar-refractivity contribution >= 4 is 21.0 Å². The maximum atomic E-state index is 10.8. The summed E-state index contributed by atoms with van der Waals surface area (Å²) in [5, 5.41) is 1.99. The summed E-state index contributed by atoms with van der Waals surface area (Å²) in [7, 11) is -9.92. The molecule has 11 heteroatoms. The molecule has 6 N–H and O–H groups in total. The fourth-order valence-corrected chi connectivity index (χ4v) is 3.02. The van der Waals surface area contributed by atoms with Gasteiger partial charge in [0.25, 0.3) is 0 Å². The second-order valence-electron chi connectivity index (χ2n) is 2.66. The van der Waals surface area contributed by atoms with E-state index in [4.69, 9.17) is 19.6 Å². The summed E-state index contributed by atoms with van der Waals surface area (Å²) in [5.74, 6) is 0.00616. The lowest BCUT2D eigenvalue weighted by atomic mass is 10.8. The topological polar surface area (TPSA) is 156 Å². The number of H-pyrrole nitrogens is 1. The van der Waals surface area contributed by atoms with Gasteiger partial charge in [-0.05, 0) is 0 Å². The number of nitrogens with one attached hydrogen (secondary N) is 2. The highest BCUT2D eigenvalue weighted by Gasteiger charge is 2.43. The third kappa shape index (κ3) is 3.42. The highest BCUT2D eigenvalue weighted by atomic mass is 31.2. The largest absolute Gasteiger partial charge is 0.360 e. The lowest BCUT2D eigenvalue weighted by Gasteiger charge is -2.20. The van der Waals surface area contributed by atoms with E-state index in [-0.39, 0.29) is 5.82 Å². The van der Waals surface area contributed by atoms with E-state index in [2.05, 4.69) is 9.97 Å².